The first kappa shape index (κ1) is 22.9. The Hall–Kier alpha value is -1.43. The number of morpholine rings is 1. The van der Waals surface area contributed by atoms with Crippen LogP contribution in [-0.2, 0) is 14.8 Å². The Balaban J connectivity index is 0.00000280. The van der Waals surface area contributed by atoms with Gasteiger partial charge in [-0.25, -0.2) is 8.42 Å². The molecule has 1 aromatic rings. The standard InChI is InChI=1S/C17H25N3O6S.ClH/c1-25-16-3-2-13(27(23,24)20-4-6-26-7-5-20)8-14(16)17(22)19-10-12-9-18-11-15(12)21;/h2-3,8,12,15,18,21H,4-7,9-11H2,1H3,(H,19,22);1H. The third-order valence-corrected chi connectivity index (χ3v) is 6.75. The molecule has 0 aromatic heterocycles. The van der Waals surface area contributed by atoms with Gasteiger partial charge in [-0.2, -0.15) is 4.31 Å². The number of methoxy groups -OCH3 is 1. The van der Waals surface area contributed by atoms with Gasteiger partial charge < -0.3 is 25.2 Å². The number of hydrogen-bond acceptors (Lipinski definition) is 7. The number of aliphatic hydroxyl groups is 1. The molecule has 9 nitrogen and oxygen atoms in total. The van der Waals surface area contributed by atoms with Crippen LogP contribution < -0.4 is 15.4 Å². The summed E-state index contributed by atoms with van der Waals surface area (Å²) in [6.45, 7) is 2.66. The molecule has 2 saturated heterocycles. The molecule has 2 atom stereocenters. The normalized spacial score (nSPS) is 23.1. The fraction of sp³-hybridized carbons (Fsp3) is 0.588. The number of sulfonamides is 1. The lowest BCUT2D eigenvalue weighted by Crippen LogP contribution is -2.40. The molecule has 0 bridgehead atoms. The fourth-order valence-corrected chi connectivity index (χ4v) is 4.64. The zero-order chi connectivity index (χ0) is 19.4. The van der Waals surface area contributed by atoms with Crippen molar-refractivity contribution in [1.82, 2.24) is 14.9 Å². The van der Waals surface area contributed by atoms with E-state index in [1.807, 2.05) is 0 Å². The van der Waals surface area contributed by atoms with Crippen LogP contribution >= 0.6 is 12.4 Å². The van der Waals surface area contributed by atoms with Crippen molar-refractivity contribution >= 4 is 28.3 Å². The van der Waals surface area contributed by atoms with E-state index < -0.39 is 22.0 Å². The summed E-state index contributed by atoms with van der Waals surface area (Å²) in [5.41, 5.74) is 0.146. The van der Waals surface area contributed by atoms with Crippen LogP contribution in [0.25, 0.3) is 0 Å². The van der Waals surface area contributed by atoms with Crippen molar-refractivity contribution in [1.29, 1.82) is 0 Å². The maximum atomic E-state index is 12.8. The lowest BCUT2D eigenvalue weighted by Gasteiger charge is -2.26. The minimum absolute atomic E-state index is 0. The van der Waals surface area contributed by atoms with Gasteiger partial charge in [-0.3, -0.25) is 4.79 Å². The Morgan fingerprint density at radius 2 is 2.07 bits per heavy atom. The van der Waals surface area contributed by atoms with Gasteiger partial charge >= 0.3 is 0 Å². The smallest absolute Gasteiger partial charge is 0.255 e. The summed E-state index contributed by atoms with van der Waals surface area (Å²) >= 11 is 0. The number of amides is 1. The molecule has 158 valence electrons. The molecular formula is C17H26ClN3O6S. The molecule has 0 saturated carbocycles. The number of halogens is 1. The van der Waals surface area contributed by atoms with Crippen LogP contribution in [0.1, 0.15) is 10.4 Å². The second-order valence-electron chi connectivity index (χ2n) is 6.57. The first-order valence-electron chi connectivity index (χ1n) is 8.86. The van der Waals surface area contributed by atoms with E-state index >= 15 is 0 Å². The number of carbonyl (C=O) groups is 1. The lowest BCUT2D eigenvalue weighted by molar-refractivity contribution is 0.0730. The summed E-state index contributed by atoms with van der Waals surface area (Å²) in [5.74, 6) is -0.233. The molecule has 0 aliphatic carbocycles. The number of carbonyl (C=O) groups excluding carboxylic acids is 1. The van der Waals surface area contributed by atoms with Gasteiger partial charge in [0, 0.05) is 38.6 Å². The molecule has 2 aliphatic heterocycles. The van der Waals surface area contributed by atoms with Crippen molar-refractivity contribution in [2.24, 2.45) is 5.92 Å². The number of nitrogens with one attached hydrogen (secondary N) is 2. The quantitative estimate of drug-likeness (QED) is 0.548. The molecular weight excluding hydrogens is 410 g/mol. The van der Waals surface area contributed by atoms with Gasteiger partial charge in [-0.15, -0.1) is 12.4 Å². The number of nitrogens with zero attached hydrogens (tertiary/aromatic N) is 1. The molecule has 3 rings (SSSR count). The minimum Gasteiger partial charge on any atom is -0.496 e. The average molecular weight is 436 g/mol. The summed E-state index contributed by atoms with van der Waals surface area (Å²) in [6, 6.07) is 4.25. The molecule has 0 spiro atoms. The summed E-state index contributed by atoms with van der Waals surface area (Å²) in [7, 11) is -2.29. The maximum absolute atomic E-state index is 12.8. The van der Waals surface area contributed by atoms with Crippen LogP contribution in [0.4, 0.5) is 0 Å². The van der Waals surface area contributed by atoms with Gasteiger partial charge in [0.25, 0.3) is 5.91 Å². The van der Waals surface area contributed by atoms with E-state index in [4.69, 9.17) is 9.47 Å². The van der Waals surface area contributed by atoms with E-state index in [9.17, 15) is 18.3 Å². The Morgan fingerprint density at radius 1 is 1.36 bits per heavy atom. The predicted molar refractivity (Wildman–Crippen MR) is 105 cm³/mol. The summed E-state index contributed by atoms with van der Waals surface area (Å²) in [4.78, 5) is 12.7. The molecule has 2 unspecified atom stereocenters. The van der Waals surface area contributed by atoms with Crippen molar-refractivity contribution in [3.8, 4) is 5.75 Å². The number of β-amino-alcohol motifs (C(OH)–C–C–N with tert-alkyl or cyclic N) is 1. The molecule has 2 aliphatic rings. The highest BCUT2D eigenvalue weighted by atomic mass is 35.5. The number of hydrogen-bond donors (Lipinski definition) is 3. The molecule has 1 amide bonds. The second-order valence-corrected chi connectivity index (χ2v) is 8.51. The Kier molecular flexibility index (Phi) is 8.05. The van der Waals surface area contributed by atoms with Crippen molar-refractivity contribution in [2.45, 2.75) is 11.0 Å². The molecule has 1 aromatic carbocycles. The summed E-state index contributed by atoms with van der Waals surface area (Å²) in [5, 5.41) is 15.6. The minimum atomic E-state index is -3.71. The van der Waals surface area contributed by atoms with Gasteiger partial charge in [0.2, 0.25) is 10.0 Å². The van der Waals surface area contributed by atoms with Crippen molar-refractivity contribution < 1.29 is 27.8 Å². The largest absolute Gasteiger partial charge is 0.496 e. The van der Waals surface area contributed by atoms with Gasteiger partial charge in [-0.1, -0.05) is 0 Å². The SMILES string of the molecule is COc1ccc(S(=O)(=O)N2CCOCC2)cc1C(=O)NCC1CNCC1O.Cl. The Labute approximate surface area is 170 Å². The van der Waals surface area contributed by atoms with Crippen molar-refractivity contribution in [3.05, 3.63) is 23.8 Å². The third-order valence-electron chi connectivity index (χ3n) is 4.85. The summed E-state index contributed by atoms with van der Waals surface area (Å²) in [6.07, 6.45) is -0.514. The highest BCUT2D eigenvalue weighted by molar-refractivity contribution is 7.89. The third kappa shape index (κ3) is 4.94. The molecule has 28 heavy (non-hydrogen) atoms. The maximum Gasteiger partial charge on any atom is 0.255 e. The van der Waals surface area contributed by atoms with Crippen LogP contribution in [0.3, 0.4) is 0 Å². The number of ether oxygens (including phenoxy) is 2. The van der Waals surface area contributed by atoms with E-state index in [0.29, 0.717) is 32.1 Å². The lowest BCUT2D eigenvalue weighted by atomic mass is 10.1. The Morgan fingerprint density at radius 3 is 2.68 bits per heavy atom. The molecule has 2 heterocycles. The fourth-order valence-electron chi connectivity index (χ4n) is 3.21. The zero-order valence-electron chi connectivity index (χ0n) is 15.6. The van der Waals surface area contributed by atoms with Crippen LogP contribution in [0.15, 0.2) is 23.1 Å². The number of benzene rings is 1. The molecule has 0 radical (unpaired) electrons. The van der Waals surface area contributed by atoms with Crippen molar-refractivity contribution in [3.63, 3.8) is 0 Å². The van der Waals surface area contributed by atoms with E-state index in [-0.39, 0.29) is 48.4 Å². The van der Waals surface area contributed by atoms with Gasteiger partial charge in [0.05, 0.1) is 36.9 Å². The predicted octanol–water partition coefficient (Wildman–Crippen LogP) is -0.552. The van der Waals surface area contributed by atoms with Crippen LogP contribution in [-0.4, -0.2) is 82.9 Å². The first-order valence-corrected chi connectivity index (χ1v) is 10.3. The van der Waals surface area contributed by atoms with Crippen LogP contribution in [0.2, 0.25) is 0 Å². The second kappa shape index (κ2) is 9.86. The van der Waals surface area contributed by atoms with Gasteiger partial charge in [0.15, 0.2) is 0 Å². The topological polar surface area (TPSA) is 117 Å². The van der Waals surface area contributed by atoms with E-state index in [0.717, 1.165) is 0 Å². The average Bonchev–Trinajstić information content (AvgIpc) is 3.11. The zero-order valence-corrected chi connectivity index (χ0v) is 17.2. The first-order chi connectivity index (χ1) is 12.9. The van der Waals surface area contributed by atoms with Gasteiger partial charge in [0.1, 0.15) is 5.75 Å². The highest BCUT2D eigenvalue weighted by Gasteiger charge is 2.29. The molecule has 11 heteroatoms. The molecule has 2 fully saturated rings. The van der Waals surface area contributed by atoms with E-state index in [1.54, 1.807) is 0 Å². The van der Waals surface area contributed by atoms with E-state index in [1.165, 1.54) is 29.6 Å². The van der Waals surface area contributed by atoms with Gasteiger partial charge in [-0.05, 0) is 18.2 Å². The highest BCUT2D eigenvalue weighted by Crippen LogP contribution is 2.25. The Bertz CT molecular complexity index is 785. The number of rotatable bonds is 6. The van der Waals surface area contributed by atoms with Crippen molar-refractivity contribution in [2.75, 3.05) is 53.0 Å². The molecule has 3 N–H and O–H groups in total. The summed E-state index contributed by atoms with van der Waals surface area (Å²) < 4.78 is 37.4. The number of aliphatic hydroxyl groups excluding tert-OH is 1. The monoisotopic (exact) mass is 435 g/mol. The van der Waals surface area contributed by atoms with Crippen LogP contribution in [0.5, 0.6) is 5.75 Å². The van der Waals surface area contributed by atoms with Crippen LogP contribution in [0, 0.1) is 5.92 Å². The van der Waals surface area contributed by atoms with E-state index in [2.05, 4.69) is 10.6 Å².